The maximum Gasteiger partial charge on any atom is 0.252 e. The van der Waals surface area contributed by atoms with Crippen molar-refractivity contribution in [1.82, 2.24) is 19.9 Å². The number of carbonyl (C=O) groups is 1. The molecule has 4 rings (SSSR count). The lowest BCUT2D eigenvalue weighted by Gasteiger charge is -2.26. The number of halogens is 1. The molecule has 1 aliphatic heterocycles. The molecule has 0 bridgehead atoms. The number of carbonyl (C=O) groups excluding carboxylic acids is 1. The fourth-order valence-corrected chi connectivity index (χ4v) is 3.04. The number of ether oxygens (including phenoxy) is 1. The van der Waals surface area contributed by atoms with Gasteiger partial charge in [0.1, 0.15) is 12.3 Å². The zero-order chi connectivity index (χ0) is 18.1. The van der Waals surface area contributed by atoms with Gasteiger partial charge >= 0.3 is 0 Å². The highest BCUT2D eigenvalue weighted by atomic mass is 19.1. The minimum atomic E-state index is -0.566. The first-order valence-electron chi connectivity index (χ1n) is 8.33. The van der Waals surface area contributed by atoms with E-state index in [-0.39, 0.29) is 24.9 Å². The molecule has 1 N–H and O–H groups in total. The SMILES string of the molecule is Cn1cc(N2CCNCC2=O)c2cc(F)c(OCc3ccccn3)nc21. The van der Waals surface area contributed by atoms with Crippen molar-refractivity contribution in [2.75, 3.05) is 24.5 Å². The number of aryl methyl sites for hydroxylation is 1. The van der Waals surface area contributed by atoms with Crippen LogP contribution in [-0.2, 0) is 18.4 Å². The Morgan fingerprint density at radius 1 is 1.38 bits per heavy atom. The van der Waals surface area contributed by atoms with Crippen LogP contribution in [0, 0.1) is 5.82 Å². The topological polar surface area (TPSA) is 72.3 Å². The van der Waals surface area contributed by atoms with Crippen LogP contribution < -0.4 is 15.0 Å². The maximum absolute atomic E-state index is 14.5. The van der Waals surface area contributed by atoms with Crippen LogP contribution in [0.2, 0.25) is 0 Å². The van der Waals surface area contributed by atoms with E-state index in [4.69, 9.17) is 4.74 Å². The zero-order valence-corrected chi connectivity index (χ0v) is 14.3. The number of anilines is 1. The van der Waals surface area contributed by atoms with Crippen molar-refractivity contribution in [2.24, 2.45) is 7.05 Å². The van der Waals surface area contributed by atoms with E-state index >= 15 is 0 Å². The monoisotopic (exact) mass is 355 g/mol. The van der Waals surface area contributed by atoms with Crippen molar-refractivity contribution in [2.45, 2.75) is 6.61 Å². The van der Waals surface area contributed by atoms with Gasteiger partial charge < -0.3 is 19.5 Å². The number of nitrogens with one attached hydrogen (secondary N) is 1. The van der Waals surface area contributed by atoms with Crippen molar-refractivity contribution < 1.29 is 13.9 Å². The minimum absolute atomic E-state index is 0.0420. The molecule has 4 heterocycles. The summed E-state index contributed by atoms with van der Waals surface area (Å²) in [5.41, 5.74) is 1.91. The number of pyridine rings is 2. The van der Waals surface area contributed by atoms with Gasteiger partial charge in [-0.05, 0) is 18.2 Å². The quantitative estimate of drug-likeness (QED) is 0.770. The summed E-state index contributed by atoms with van der Waals surface area (Å²) in [4.78, 5) is 22.3. The number of hydrogen-bond acceptors (Lipinski definition) is 5. The van der Waals surface area contributed by atoms with E-state index in [0.717, 1.165) is 0 Å². The molecule has 0 radical (unpaired) electrons. The number of aromatic nitrogens is 3. The van der Waals surface area contributed by atoms with E-state index in [1.807, 2.05) is 13.1 Å². The van der Waals surface area contributed by atoms with Gasteiger partial charge in [-0.2, -0.15) is 4.98 Å². The Morgan fingerprint density at radius 2 is 2.27 bits per heavy atom. The first-order valence-corrected chi connectivity index (χ1v) is 8.33. The van der Waals surface area contributed by atoms with Crippen LogP contribution in [0.5, 0.6) is 5.88 Å². The zero-order valence-electron chi connectivity index (χ0n) is 14.3. The van der Waals surface area contributed by atoms with Crippen LogP contribution >= 0.6 is 0 Å². The van der Waals surface area contributed by atoms with Crippen molar-refractivity contribution in [3.8, 4) is 5.88 Å². The number of hydrogen-bond donors (Lipinski definition) is 1. The maximum atomic E-state index is 14.5. The smallest absolute Gasteiger partial charge is 0.252 e. The number of piperazine rings is 1. The summed E-state index contributed by atoms with van der Waals surface area (Å²) in [6.45, 7) is 1.64. The van der Waals surface area contributed by atoms with Gasteiger partial charge in [0, 0.05) is 37.9 Å². The van der Waals surface area contributed by atoms with E-state index in [9.17, 15) is 9.18 Å². The lowest BCUT2D eigenvalue weighted by Crippen LogP contribution is -2.48. The number of nitrogens with zero attached hydrogens (tertiary/aromatic N) is 4. The Bertz CT molecular complexity index is 957. The van der Waals surface area contributed by atoms with Crippen molar-refractivity contribution in [1.29, 1.82) is 0 Å². The van der Waals surface area contributed by atoms with Crippen LogP contribution in [0.15, 0.2) is 36.7 Å². The minimum Gasteiger partial charge on any atom is -0.469 e. The normalized spacial score (nSPS) is 14.8. The predicted molar refractivity (Wildman–Crippen MR) is 94.5 cm³/mol. The second-order valence-corrected chi connectivity index (χ2v) is 6.10. The summed E-state index contributed by atoms with van der Waals surface area (Å²) in [6.07, 6.45) is 3.45. The van der Waals surface area contributed by atoms with E-state index in [1.165, 1.54) is 6.07 Å². The van der Waals surface area contributed by atoms with E-state index < -0.39 is 5.82 Å². The average Bonchev–Trinajstić information content (AvgIpc) is 2.96. The lowest BCUT2D eigenvalue weighted by molar-refractivity contribution is -0.118. The Kier molecular flexibility index (Phi) is 4.26. The molecule has 7 nitrogen and oxygen atoms in total. The standard InChI is InChI=1S/C18H18FN5O2/c1-23-10-15(24-7-6-20-9-16(24)25)13-8-14(19)18(22-17(13)23)26-11-12-4-2-3-5-21-12/h2-5,8,10,20H,6-7,9,11H2,1H3. The molecule has 134 valence electrons. The van der Waals surface area contributed by atoms with Crippen molar-refractivity contribution in [3.63, 3.8) is 0 Å². The molecular weight excluding hydrogens is 337 g/mol. The van der Waals surface area contributed by atoms with Gasteiger partial charge in [-0.1, -0.05) is 6.07 Å². The van der Waals surface area contributed by atoms with Crippen LogP contribution in [0.25, 0.3) is 11.0 Å². The summed E-state index contributed by atoms with van der Waals surface area (Å²) in [5.74, 6) is -0.689. The Balaban J connectivity index is 1.67. The molecule has 0 atom stereocenters. The summed E-state index contributed by atoms with van der Waals surface area (Å²) in [5, 5.41) is 3.62. The molecule has 3 aromatic rings. The number of fused-ring (bicyclic) bond motifs is 1. The molecule has 0 saturated carbocycles. The van der Waals surface area contributed by atoms with Crippen molar-refractivity contribution in [3.05, 3.63) is 48.2 Å². The Morgan fingerprint density at radius 3 is 3.04 bits per heavy atom. The highest BCUT2D eigenvalue weighted by Crippen LogP contribution is 2.31. The predicted octanol–water partition coefficient (Wildman–Crippen LogP) is 1.62. The first-order chi connectivity index (χ1) is 12.6. The van der Waals surface area contributed by atoms with Gasteiger partial charge in [0.05, 0.1) is 17.9 Å². The molecule has 8 heteroatoms. The average molecular weight is 355 g/mol. The molecule has 0 aromatic carbocycles. The fraction of sp³-hybridized carbons (Fsp3) is 0.278. The Hall–Kier alpha value is -3.00. The first kappa shape index (κ1) is 16.5. The third kappa shape index (κ3) is 2.99. The van der Waals surface area contributed by atoms with Crippen molar-refractivity contribution >= 4 is 22.6 Å². The number of rotatable bonds is 4. The molecular formula is C18H18FN5O2. The van der Waals surface area contributed by atoms with Gasteiger partial charge in [0.15, 0.2) is 5.82 Å². The summed E-state index contributed by atoms with van der Waals surface area (Å²) in [7, 11) is 1.81. The molecule has 0 spiro atoms. The highest BCUT2D eigenvalue weighted by Gasteiger charge is 2.24. The summed E-state index contributed by atoms with van der Waals surface area (Å²) < 4.78 is 21.8. The van der Waals surface area contributed by atoms with Crippen LogP contribution in [-0.4, -0.2) is 40.1 Å². The molecule has 0 unspecified atom stereocenters. The van der Waals surface area contributed by atoms with Gasteiger partial charge in [-0.3, -0.25) is 9.78 Å². The molecule has 1 fully saturated rings. The molecule has 1 amide bonds. The molecule has 1 saturated heterocycles. The van der Waals surface area contributed by atoms with E-state index in [0.29, 0.717) is 35.5 Å². The summed E-state index contributed by atoms with van der Waals surface area (Å²) in [6, 6.07) is 6.82. The molecule has 1 aliphatic rings. The van der Waals surface area contributed by atoms with Crippen LogP contribution in [0.1, 0.15) is 5.69 Å². The lowest BCUT2D eigenvalue weighted by atomic mass is 10.2. The van der Waals surface area contributed by atoms with Crippen LogP contribution in [0.4, 0.5) is 10.1 Å². The molecule has 0 aliphatic carbocycles. The molecule has 26 heavy (non-hydrogen) atoms. The molecule has 3 aromatic heterocycles. The summed E-state index contributed by atoms with van der Waals surface area (Å²) >= 11 is 0. The third-order valence-corrected chi connectivity index (χ3v) is 4.31. The van der Waals surface area contributed by atoms with E-state index in [1.54, 1.807) is 34.0 Å². The highest BCUT2D eigenvalue weighted by molar-refractivity contribution is 6.04. The second kappa shape index (κ2) is 6.72. The van der Waals surface area contributed by atoms with Crippen LogP contribution in [0.3, 0.4) is 0 Å². The fourth-order valence-electron chi connectivity index (χ4n) is 3.04. The van der Waals surface area contributed by atoms with Gasteiger partial charge in [-0.15, -0.1) is 0 Å². The third-order valence-electron chi connectivity index (χ3n) is 4.31. The van der Waals surface area contributed by atoms with Gasteiger partial charge in [0.2, 0.25) is 5.91 Å². The Labute approximate surface area is 149 Å². The van der Waals surface area contributed by atoms with Gasteiger partial charge in [-0.25, -0.2) is 4.39 Å². The number of amides is 1. The largest absolute Gasteiger partial charge is 0.469 e. The second-order valence-electron chi connectivity index (χ2n) is 6.10. The van der Waals surface area contributed by atoms with Gasteiger partial charge in [0.25, 0.3) is 5.88 Å². The van der Waals surface area contributed by atoms with E-state index in [2.05, 4.69) is 15.3 Å².